The van der Waals surface area contributed by atoms with Crippen LogP contribution in [0.15, 0.2) is 24.3 Å². The summed E-state index contributed by atoms with van der Waals surface area (Å²) in [5, 5.41) is 0. The standard InChI is InChI=1S/C11H15FN2O/c1-14(8-2-7-13)11(15)9-3-5-10(12)6-4-9/h3-6H,2,7-8,13H2,1H3. The Labute approximate surface area is 88.7 Å². The Morgan fingerprint density at radius 2 is 2.00 bits per heavy atom. The summed E-state index contributed by atoms with van der Waals surface area (Å²) < 4.78 is 12.6. The zero-order chi connectivity index (χ0) is 11.3. The molecule has 2 N–H and O–H groups in total. The van der Waals surface area contributed by atoms with Crippen molar-refractivity contribution >= 4 is 5.91 Å². The number of nitrogens with zero attached hydrogens (tertiary/aromatic N) is 1. The van der Waals surface area contributed by atoms with Crippen molar-refractivity contribution in [2.75, 3.05) is 20.1 Å². The molecule has 0 aliphatic heterocycles. The summed E-state index contributed by atoms with van der Waals surface area (Å²) >= 11 is 0. The zero-order valence-electron chi connectivity index (χ0n) is 8.74. The van der Waals surface area contributed by atoms with Crippen molar-refractivity contribution in [3.05, 3.63) is 35.6 Å². The van der Waals surface area contributed by atoms with Gasteiger partial charge in [0, 0.05) is 19.2 Å². The van der Waals surface area contributed by atoms with Crippen molar-refractivity contribution in [2.45, 2.75) is 6.42 Å². The summed E-state index contributed by atoms with van der Waals surface area (Å²) in [4.78, 5) is 13.3. The third kappa shape index (κ3) is 3.32. The smallest absolute Gasteiger partial charge is 0.253 e. The van der Waals surface area contributed by atoms with Gasteiger partial charge in [-0.2, -0.15) is 0 Å². The molecule has 0 aliphatic rings. The van der Waals surface area contributed by atoms with Gasteiger partial charge in [-0.15, -0.1) is 0 Å². The second-order valence-electron chi connectivity index (χ2n) is 3.38. The fourth-order valence-electron chi connectivity index (χ4n) is 1.24. The molecule has 0 bridgehead atoms. The van der Waals surface area contributed by atoms with Gasteiger partial charge in [-0.05, 0) is 37.2 Å². The lowest BCUT2D eigenvalue weighted by Crippen LogP contribution is -2.28. The monoisotopic (exact) mass is 210 g/mol. The molecule has 1 aromatic rings. The SMILES string of the molecule is CN(CCCN)C(=O)c1ccc(F)cc1. The Bertz CT molecular complexity index is 324. The topological polar surface area (TPSA) is 46.3 Å². The first kappa shape index (κ1) is 11.7. The van der Waals surface area contributed by atoms with Crippen LogP contribution in [0.25, 0.3) is 0 Å². The molecule has 0 radical (unpaired) electrons. The van der Waals surface area contributed by atoms with Crippen molar-refractivity contribution in [3.8, 4) is 0 Å². The minimum absolute atomic E-state index is 0.108. The Hall–Kier alpha value is -1.42. The molecule has 0 saturated heterocycles. The highest BCUT2D eigenvalue weighted by atomic mass is 19.1. The number of carbonyl (C=O) groups excluding carboxylic acids is 1. The molecule has 0 aromatic heterocycles. The lowest BCUT2D eigenvalue weighted by molar-refractivity contribution is 0.0794. The van der Waals surface area contributed by atoms with E-state index in [-0.39, 0.29) is 11.7 Å². The van der Waals surface area contributed by atoms with Gasteiger partial charge in [0.15, 0.2) is 0 Å². The highest BCUT2D eigenvalue weighted by Crippen LogP contribution is 2.05. The first-order valence-electron chi connectivity index (χ1n) is 4.86. The molecule has 1 rings (SSSR count). The second kappa shape index (κ2) is 5.46. The van der Waals surface area contributed by atoms with Crippen LogP contribution in [0.5, 0.6) is 0 Å². The largest absolute Gasteiger partial charge is 0.342 e. The van der Waals surface area contributed by atoms with Crippen LogP contribution in [0, 0.1) is 5.82 Å². The van der Waals surface area contributed by atoms with E-state index >= 15 is 0 Å². The minimum atomic E-state index is -0.337. The number of rotatable bonds is 4. The van der Waals surface area contributed by atoms with Gasteiger partial charge in [0.2, 0.25) is 0 Å². The Morgan fingerprint density at radius 3 is 2.53 bits per heavy atom. The molecule has 15 heavy (non-hydrogen) atoms. The van der Waals surface area contributed by atoms with Gasteiger partial charge >= 0.3 is 0 Å². The average molecular weight is 210 g/mol. The molecule has 0 saturated carbocycles. The number of hydrogen-bond acceptors (Lipinski definition) is 2. The molecule has 1 aromatic carbocycles. The Kier molecular flexibility index (Phi) is 4.24. The predicted molar refractivity (Wildman–Crippen MR) is 57.0 cm³/mol. The molecule has 3 nitrogen and oxygen atoms in total. The molecule has 0 aliphatic carbocycles. The maximum absolute atomic E-state index is 12.6. The van der Waals surface area contributed by atoms with Gasteiger partial charge < -0.3 is 10.6 Å². The van der Waals surface area contributed by atoms with Gasteiger partial charge in [-0.3, -0.25) is 4.79 Å². The van der Waals surface area contributed by atoms with E-state index in [0.29, 0.717) is 18.7 Å². The summed E-state index contributed by atoms with van der Waals surface area (Å²) in [6.45, 7) is 1.17. The van der Waals surface area contributed by atoms with Crippen molar-refractivity contribution in [2.24, 2.45) is 5.73 Å². The maximum Gasteiger partial charge on any atom is 0.253 e. The van der Waals surface area contributed by atoms with Crippen LogP contribution < -0.4 is 5.73 Å². The van der Waals surface area contributed by atoms with Crippen LogP contribution in [0.4, 0.5) is 4.39 Å². The molecular formula is C11H15FN2O. The fraction of sp³-hybridized carbons (Fsp3) is 0.364. The lowest BCUT2D eigenvalue weighted by atomic mass is 10.2. The summed E-state index contributed by atoms with van der Waals surface area (Å²) in [5.41, 5.74) is 5.84. The Morgan fingerprint density at radius 1 is 1.40 bits per heavy atom. The number of halogens is 1. The fourth-order valence-corrected chi connectivity index (χ4v) is 1.24. The van der Waals surface area contributed by atoms with Crippen molar-refractivity contribution in [1.82, 2.24) is 4.90 Å². The van der Waals surface area contributed by atoms with E-state index in [1.54, 1.807) is 11.9 Å². The molecule has 0 atom stereocenters. The van der Waals surface area contributed by atoms with Crippen LogP contribution in [0.2, 0.25) is 0 Å². The first-order valence-corrected chi connectivity index (χ1v) is 4.86. The number of hydrogen-bond donors (Lipinski definition) is 1. The summed E-state index contributed by atoms with van der Waals surface area (Å²) in [5.74, 6) is -0.445. The van der Waals surface area contributed by atoms with E-state index in [0.717, 1.165) is 6.42 Å². The highest BCUT2D eigenvalue weighted by molar-refractivity contribution is 5.93. The first-order chi connectivity index (χ1) is 7.15. The third-order valence-electron chi connectivity index (χ3n) is 2.14. The molecule has 0 heterocycles. The van der Waals surface area contributed by atoms with E-state index in [9.17, 15) is 9.18 Å². The van der Waals surface area contributed by atoms with Gasteiger partial charge in [-0.1, -0.05) is 0 Å². The van der Waals surface area contributed by atoms with E-state index in [1.165, 1.54) is 24.3 Å². The van der Waals surface area contributed by atoms with Gasteiger partial charge in [0.1, 0.15) is 5.82 Å². The van der Waals surface area contributed by atoms with Crippen LogP contribution in [-0.4, -0.2) is 30.9 Å². The Balaban J connectivity index is 2.63. The van der Waals surface area contributed by atoms with Crippen molar-refractivity contribution in [3.63, 3.8) is 0 Å². The van der Waals surface area contributed by atoms with E-state index in [2.05, 4.69) is 0 Å². The van der Waals surface area contributed by atoms with E-state index in [4.69, 9.17) is 5.73 Å². The summed E-state index contributed by atoms with van der Waals surface area (Å²) in [6, 6.07) is 5.53. The number of carbonyl (C=O) groups is 1. The lowest BCUT2D eigenvalue weighted by Gasteiger charge is -2.16. The molecule has 4 heteroatoms. The van der Waals surface area contributed by atoms with Crippen LogP contribution in [0.3, 0.4) is 0 Å². The number of benzene rings is 1. The maximum atomic E-state index is 12.6. The van der Waals surface area contributed by atoms with Gasteiger partial charge in [0.05, 0.1) is 0 Å². The summed E-state index contributed by atoms with van der Waals surface area (Å²) in [7, 11) is 1.71. The minimum Gasteiger partial charge on any atom is -0.342 e. The normalized spacial score (nSPS) is 10.1. The zero-order valence-corrected chi connectivity index (χ0v) is 8.74. The predicted octanol–water partition coefficient (Wildman–Crippen LogP) is 1.25. The summed E-state index contributed by atoms with van der Waals surface area (Å²) in [6.07, 6.45) is 0.767. The molecule has 0 fully saturated rings. The van der Waals surface area contributed by atoms with Crippen molar-refractivity contribution < 1.29 is 9.18 Å². The van der Waals surface area contributed by atoms with E-state index in [1.807, 2.05) is 0 Å². The molecule has 0 spiro atoms. The van der Waals surface area contributed by atoms with Crippen LogP contribution in [-0.2, 0) is 0 Å². The van der Waals surface area contributed by atoms with Crippen LogP contribution in [0.1, 0.15) is 16.8 Å². The molecule has 1 amide bonds. The van der Waals surface area contributed by atoms with Gasteiger partial charge in [-0.25, -0.2) is 4.39 Å². The molecular weight excluding hydrogens is 195 g/mol. The van der Waals surface area contributed by atoms with E-state index < -0.39 is 0 Å². The second-order valence-corrected chi connectivity index (χ2v) is 3.38. The molecule has 82 valence electrons. The number of nitrogens with two attached hydrogens (primary N) is 1. The third-order valence-corrected chi connectivity index (χ3v) is 2.14. The average Bonchev–Trinajstić information content (AvgIpc) is 2.26. The molecule has 0 unspecified atom stereocenters. The van der Waals surface area contributed by atoms with Gasteiger partial charge in [0.25, 0.3) is 5.91 Å². The highest BCUT2D eigenvalue weighted by Gasteiger charge is 2.10. The van der Waals surface area contributed by atoms with Crippen molar-refractivity contribution in [1.29, 1.82) is 0 Å². The quantitative estimate of drug-likeness (QED) is 0.812. The van der Waals surface area contributed by atoms with Crippen LogP contribution >= 0.6 is 0 Å². The number of amides is 1.